The van der Waals surface area contributed by atoms with Crippen molar-refractivity contribution < 1.29 is 9.90 Å². The molecular formula is C23H23N5O3. The minimum Gasteiger partial charge on any atom is -0.493 e. The van der Waals surface area contributed by atoms with Crippen molar-refractivity contribution in [1.29, 1.82) is 0 Å². The van der Waals surface area contributed by atoms with Gasteiger partial charge in [-0.15, -0.1) is 10.2 Å². The summed E-state index contributed by atoms with van der Waals surface area (Å²) in [6, 6.07) is 12.4. The van der Waals surface area contributed by atoms with Gasteiger partial charge in [-0.05, 0) is 25.0 Å². The smallest absolute Gasteiger partial charge is 0.316 e. The van der Waals surface area contributed by atoms with Crippen molar-refractivity contribution >= 4 is 33.3 Å². The fourth-order valence-corrected chi connectivity index (χ4v) is 3.64. The number of unbranched alkanes of at least 4 members (excludes halogenated alkanes) is 2. The molecule has 0 unspecified atom stereocenters. The minimum atomic E-state index is -0.679. The van der Waals surface area contributed by atoms with E-state index in [-0.39, 0.29) is 22.8 Å². The van der Waals surface area contributed by atoms with E-state index in [0.29, 0.717) is 22.7 Å². The van der Waals surface area contributed by atoms with Crippen LogP contribution in [0.3, 0.4) is 0 Å². The molecule has 0 saturated carbocycles. The number of aromatic amines is 1. The Morgan fingerprint density at radius 2 is 1.84 bits per heavy atom. The molecule has 158 valence electrons. The number of azo groups is 1. The molecule has 0 bridgehead atoms. The molecule has 2 aromatic carbocycles. The molecule has 0 radical (unpaired) electrons. The van der Waals surface area contributed by atoms with Crippen molar-refractivity contribution in [3.8, 4) is 5.88 Å². The first kappa shape index (κ1) is 20.5. The van der Waals surface area contributed by atoms with Gasteiger partial charge in [0.1, 0.15) is 0 Å². The van der Waals surface area contributed by atoms with Crippen molar-refractivity contribution in [3.05, 3.63) is 64.1 Å². The highest BCUT2D eigenvalue weighted by molar-refractivity contribution is 6.05. The molecule has 2 aromatic heterocycles. The predicted molar refractivity (Wildman–Crippen MR) is 119 cm³/mol. The van der Waals surface area contributed by atoms with E-state index in [9.17, 15) is 14.7 Å². The van der Waals surface area contributed by atoms with Crippen LogP contribution in [0.2, 0.25) is 0 Å². The van der Waals surface area contributed by atoms with Crippen molar-refractivity contribution in [1.82, 2.24) is 14.8 Å². The van der Waals surface area contributed by atoms with Crippen LogP contribution in [0.4, 0.5) is 5.69 Å². The van der Waals surface area contributed by atoms with Gasteiger partial charge in [0, 0.05) is 17.3 Å². The van der Waals surface area contributed by atoms with Crippen molar-refractivity contribution in [3.63, 3.8) is 0 Å². The van der Waals surface area contributed by atoms with Crippen LogP contribution in [0, 0.1) is 6.92 Å². The lowest BCUT2D eigenvalue weighted by atomic mass is 10.1. The molecule has 0 aliphatic heterocycles. The average molecular weight is 417 g/mol. The average Bonchev–Trinajstić information content (AvgIpc) is 3.10. The van der Waals surface area contributed by atoms with Crippen LogP contribution in [0.15, 0.2) is 57.5 Å². The molecular weight excluding hydrogens is 394 g/mol. The molecule has 1 amide bonds. The van der Waals surface area contributed by atoms with Crippen molar-refractivity contribution in [2.45, 2.75) is 39.7 Å². The lowest BCUT2D eigenvalue weighted by molar-refractivity contribution is 0.0989. The van der Waals surface area contributed by atoms with Crippen LogP contribution in [0.5, 0.6) is 5.88 Å². The Morgan fingerprint density at radius 3 is 2.61 bits per heavy atom. The maximum atomic E-state index is 12.9. The van der Waals surface area contributed by atoms with E-state index in [1.165, 1.54) is 4.68 Å². The van der Waals surface area contributed by atoms with Gasteiger partial charge in [-0.1, -0.05) is 56.2 Å². The second-order valence-corrected chi connectivity index (χ2v) is 7.45. The number of fused-ring (bicyclic) bond motifs is 2. The number of benzene rings is 2. The highest BCUT2D eigenvalue weighted by Gasteiger charge is 2.18. The molecule has 4 rings (SSSR count). The summed E-state index contributed by atoms with van der Waals surface area (Å²) < 4.78 is 1.33. The predicted octanol–water partition coefficient (Wildman–Crippen LogP) is 5.01. The molecule has 0 aliphatic carbocycles. The molecule has 8 nitrogen and oxygen atoms in total. The summed E-state index contributed by atoms with van der Waals surface area (Å²) in [5.74, 6) is -0.843. The lowest BCUT2D eigenvalue weighted by Crippen LogP contribution is -2.25. The third-order valence-electron chi connectivity index (χ3n) is 5.28. The minimum absolute atomic E-state index is 0.0611. The van der Waals surface area contributed by atoms with Crippen molar-refractivity contribution in [2.24, 2.45) is 10.2 Å². The first-order chi connectivity index (χ1) is 15.0. The Hall–Kier alpha value is -3.81. The monoisotopic (exact) mass is 417 g/mol. The number of nitrogens with one attached hydrogen (secondary N) is 1. The summed E-state index contributed by atoms with van der Waals surface area (Å²) >= 11 is 0. The van der Waals surface area contributed by atoms with E-state index in [2.05, 4.69) is 27.2 Å². The quantitative estimate of drug-likeness (QED) is 0.339. The summed E-state index contributed by atoms with van der Waals surface area (Å²) in [6.07, 6.45) is 2.76. The Bertz CT molecular complexity index is 1370. The standard InChI is InChI=1S/C23H23N5O3/c1-3-4-7-13-28-23(31)16-11-6-5-10-15(16)20(27-28)22(30)26-25-19-17-12-8-9-14(2)18(17)24-21(19)29/h5-6,8-12,24,29H,3-4,7,13H2,1-2H3. The molecule has 0 saturated heterocycles. The first-order valence-corrected chi connectivity index (χ1v) is 10.3. The molecule has 2 heterocycles. The SMILES string of the molecule is CCCCCn1nc(C(=O)N=Nc2c(O)[nH]c3c(C)cccc23)c2ccccc2c1=O. The normalized spacial score (nSPS) is 11.7. The fraction of sp³-hybridized carbons (Fsp3) is 0.261. The number of aryl methyl sites for hydroxylation is 2. The Kier molecular flexibility index (Phi) is 5.62. The van der Waals surface area contributed by atoms with Gasteiger partial charge in [0.15, 0.2) is 11.4 Å². The number of aromatic nitrogens is 3. The highest BCUT2D eigenvalue weighted by Crippen LogP contribution is 2.36. The third-order valence-corrected chi connectivity index (χ3v) is 5.28. The van der Waals surface area contributed by atoms with Gasteiger partial charge >= 0.3 is 5.91 Å². The number of aromatic hydroxyl groups is 1. The molecule has 8 heteroatoms. The number of carbonyl (C=O) groups excluding carboxylic acids is 1. The maximum absolute atomic E-state index is 12.9. The Morgan fingerprint density at radius 1 is 1.10 bits per heavy atom. The maximum Gasteiger partial charge on any atom is 0.316 e. The zero-order valence-electron chi connectivity index (χ0n) is 17.4. The topological polar surface area (TPSA) is 113 Å². The Balaban J connectivity index is 1.76. The molecule has 0 atom stereocenters. The Labute approximate surface area is 178 Å². The second kappa shape index (κ2) is 8.51. The summed E-state index contributed by atoms with van der Waals surface area (Å²) in [6.45, 7) is 4.41. The number of hydrogen-bond acceptors (Lipinski definition) is 5. The zero-order valence-corrected chi connectivity index (χ0v) is 17.4. The number of hydrogen-bond donors (Lipinski definition) is 2. The lowest BCUT2D eigenvalue weighted by Gasteiger charge is -2.08. The van der Waals surface area contributed by atoms with E-state index >= 15 is 0 Å². The van der Waals surface area contributed by atoms with Gasteiger partial charge in [-0.2, -0.15) is 5.10 Å². The van der Waals surface area contributed by atoms with Crippen molar-refractivity contribution in [2.75, 3.05) is 0 Å². The van der Waals surface area contributed by atoms with Gasteiger partial charge in [0.25, 0.3) is 5.56 Å². The van der Waals surface area contributed by atoms with Crippen LogP contribution >= 0.6 is 0 Å². The number of nitrogens with zero attached hydrogens (tertiary/aromatic N) is 4. The van der Waals surface area contributed by atoms with Crippen LogP contribution < -0.4 is 5.56 Å². The molecule has 0 fully saturated rings. The van der Waals surface area contributed by atoms with E-state index in [1.807, 2.05) is 19.1 Å². The van der Waals surface area contributed by atoms with Crippen LogP contribution in [-0.4, -0.2) is 25.8 Å². The van der Waals surface area contributed by atoms with E-state index < -0.39 is 5.91 Å². The highest BCUT2D eigenvalue weighted by atomic mass is 16.3. The molecule has 0 aliphatic rings. The van der Waals surface area contributed by atoms with Crippen LogP contribution in [0.1, 0.15) is 42.2 Å². The van der Waals surface area contributed by atoms with E-state index in [0.717, 1.165) is 30.3 Å². The summed E-state index contributed by atoms with van der Waals surface area (Å²) in [4.78, 5) is 28.6. The van der Waals surface area contributed by atoms with Gasteiger partial charge in [0.05, 0.1) is 10.9 Å². The summed E-state index contributed by atoms with van der Waals surface area (Å²) in [5, 5.41) is 23.9. The van der Waals surface area contributed by atoms with E-state index in [1.54, 1.807) is 30.3 Å². The molecule has 31 heavy (non-hydrogen) atoms. The van der Waals surface area contributed by atoms with Crippen LogP contribution in [0.25, 0.3) is 21.7 Å². The second-order valence-electron chi connectivity index (χ2n) is 7.45. The van der Waals surface area contributed by atoms with Gasteiger partial charge < -0.3 is 10.1 Å². The van der Waals surface area contributed by atoms with E-state index in [4.69, 9.17) is 0 Å². The number of carbonyl (C=O) groups is 1. The van der Waals surface area contributed by atoms with Gasteiger partial charge in [0.2, 0.25) is 5.88 Å². The fourth-order valence-electron chi connectivity index (χ4n) is 3.64. The molecule has 0 spiro atoms. The largest absolute Gasteiger partial charge is 0.493 e. The first-order valence-electron chi connectivity index (χ1n) is 10.3. The molecule has 2 N–H and O–H groups in total. The summed E-state index contributed by atoms with van der Waals surface area (Å²) in [5.41, 5.74) is 1.69. The van der Waals surface area contributed by atoms with Gasteiger partial charge in [-0.3, -0.25) is 9.59 Å². The van der Waals surface area contributed by atoms with Crippen LogP contribution in [-0.2, 0) is 6.54 Å². The number of H-pyrrole nitrogens is 1. The zero-order chi connectivity index (χ0) is 22.0. The number of amides is 1. The molecule has 4 aromatic rings. The number of para-hydroxylation sites is 1. The number of rotatable bonds is 6. The summed E-state index contributed by atoms with van der Waals surface area (Å²) in [7, 11) is 0. The third kappa shape index (κ3) is 3.84. The van der Waals surface area contributed by atoms with Gasteiger partial charge in [-0.25, -0.2) is 4.68 Å².